The highest BCUT2D eigenvalue weighted by molar-refractivity contribution is 5.83. The molecule has 2 heterocycles. The summed E-state index contributed by atoms with van der Waals surface area (Å²) in [5, 5.41) is 12.0. The maximum absolute atomic E-state index is 12.6. The third-order valence-electron chi connectivity index (χ3n) is 6.96. The number of nitrogens with zero attached hydrogens (tertiary/aromatic N) is 2. The number of piperidine rings is 1. The molecular formula is C29H34N2O4. The van der Waals surface area contributed by atoms with Gasteiger partial charge in [-0.05, 0) is 55.0 Å². The van der Waals surface area contributed by atoms with E-state index < -0.39 is 6.10 Å². The molecule has 1 fully saturated rings. The van der Waals surface area contributed by atoms with Crippen LogP contribution in [-0.2, 0) is 9.53 Å². The van der Waals surface area contributed by atoms with Crippen molar-refractivity contribution < 1.29 is 19.4 Å². The predicted molar refractivity (Wildman–Crippen MR) is 138 cm³/mol. The maximum atomic E-state index is 12.6. The quantitative estimate of drug-likeness (QED) is 0.446. The first-order valence-corrected chi connectivity index (χ1v) is 12.2. The maximum Gasteiger partial charge on any atom is 0.310 e. The molecule has 0 spiro atoms. The lowest BCUT2D eigenvalue weighted by molar-refractivity contribution is -0.150. The molecule has 184 valence electrons. The van der Waals surface area contributed by atoms with Crippen molar-refractivity contribution in [3.05, 3.63) is 78.0 Å². The molecule has 35 heavy (non-hydrogen) atoms. The average Bonchev–Trinajstić information content (AvgIpc) is 2.91. The minimum atomic E-state index is -0.641. The molecule has 0 radical (unpaired) electrons. The van der Waals surface area contributed by atoms with Gasteiger partial charge in [-0.2, -0.15) is 0 Å². The van der Waals surface area contributed by atoms with Crippen molar-refractivity contribution in [1.29, 1.82) is 0 Å². The Morgan fingerprint density at radius 1 is 1.20 bits per heavy atom. The predicted octanol–water partition coefficient (Wildman–Crippen LogP) is 4.88. The molecule has 0 saturated carbocycles. The summed E-state index contributed by atoms with van der Waals surface area (Å²) >= 11 is 0. The van der Waals surface area contributed by atoms with Crippen molar-refractivity contribution in [2.24, 2.45) is 11.8 Å². The molecule has 1 aliphatic heterocycles. The smallest absolute Gasteiger partial charge is 0.310 e. The fourth-order valence-electron chi connectivity index (χ4n) is 4.98. The molecule has 4 rings (SSSR count). The molecule has 0 bridgehead atoms. The number of carbonyl (C=O) groups is 1. The molecular weight excluding hydrogens is 440 g/mol. The second kappa shape index (κ2) is 12.0. The monoisotopic (exact) mass is 474 g/mol. The zero-order valence-corrected chi connectivity index (χ0v) is 20.5. The largest absolute Gasteiger partial charge is 0.495 e. The van der Waals surface area contributed by atoms with E-state index in [2.05, 4.69) is 34.2 Å². The van der Waals surface area contributed by atoms with Crippen molar-refractivity contribution in [3.63, 3.8) is 0 Å². The molecule has 1 aromatic heterocycles. The Morgan fingerprint density at radius 2 is 2.03 bits per heavy atom. The molecule has 3 atom stereocenters. The first-order chi connectivity index (χ1) is 17.1. The van der Waals surface area contributed by atoms with Crippen molar-refractivity contribution in [2.75, 3.05) is 33.9 Å². The first kappa shape index (κ1) is 24.9. The second-order valence-electron chi connectivity index (χ2n) is 9.13. The van der Waals surface area contributed by atoms with Gasteiger partial charge in [-0.25, -0.2) is 0 Å². The standard InChI is InChI=1S/C29H34N2O4/c1-34-23-18-25-24(11-6-12-27(25)30-19-23)28(32)14-13-22-15-17-31(20-26(22)29(33)35-2)16-7-10-21-8-4-3-5-9-21/h3-12,18-19,22,26,28,32H,13-17,20H2,1-2H3/b10-7+/t22-,26+,28?/m1/s1. The van der Waals surface area contributed by atoms with Crippen LogP contribution in [0.5, 0.6) is 5.75 Å². The van der Waals surface area contributed by atoms with Gasteiger partial charge in [0.2, 0.25) is 0 Å². The zero-order valence-electron chi connectivity index (χ0n) is 20.5. The summed E-state index contributed by atoms with van der Waals surface area (Å²) in [5.74, 6) is 0.478. The fourth-order valence-corrected chi connectivity index (χ4v) is 4.98. The van der Waals surface area contributed by atoms with Gasteiger partial charge in [0.25, 0.3) is 0 Å². The Labute approximate surface area is 207 Å². The van der Waals surface area contributed by atoms with Gasteiger partial charge in [-0.1, -0.05) is 54.6 Å². The summed E-state index contributed by atoms with van der Waals surface area (Å²) in [5.41, 5.74) is 2.83. The van der Waals surface area contributed by atoms with Crippen LogP contribution in [0, 0.1) is 11.8 Å². The number of aromatic nitrogens is 1. The van der Waals surface area contributed by atoms with E-state index in [0.717, 1.165) is 42.4 Å². The lowest BCUT2D eigenvalue weighted by Crippen LogP contribution is -2.44. The van der Waals surface area contributed by atoms with Crippen LogP contribution >= 0.6 is 0 Å². The number of rotatable bonds is 9. The highest BCUT2D eigenvalue weighted by atomic mass is 16.5. The van der Waals surface area contributed by atoms with E-state index in [4.69, 9.17) is 9.47 Å². The van der Waals surface area contributed by atoms with Crippen LogP contribution in [-0.4, -0.2) is 54.8 Å². The number of hydrogen-bond donors (Lipinski definition) is 1. The topological polar surface area (TPSA) is 71.9 Å². The van der Waals surface area contributed by atoms with Crippen molar-refractivity contribution >= 4 is 22.9 Å². The fraction of sp³-hybridized carbons (Fsp3) is 0.379. The number of likely N-dealkylation sites (tertiary alicyclic amines) is 1. The third kappa shape index (κ3) is 6.27. The molecule has 0 aliphatic carbocycles. The molecule has 2 aromatic carbocycles. The molecule has 1 aliphatic rings. The highest BCUT2D eigenvalue weighted by Crippen LogP contribution is 2.34. The summed E-state index contributed by atoms with van der Waals surface area (Å²) in [6.07, 6.45) is 7.53. The first-order valence-electron chi connectivity index (χ1n) is 12.2. The number of aliphatic hydroxyl groups excluding tert-OH is 1. The van der Waals surface area contributed by atoms with Crippen LogP contribution < -0.4 is 4.74 Å². The number of aliphatic hydroxyl groups is 1. The third-order valence-corrected chi connectivity index (χ3v) is 6.96. The molecule has 3 aromatic rings. The zero-order chi connectivity index (χ0) is 24.6. The number of ether oxygens (including phenoxy) is 2. The minimum Gasteiger partial charge on any atom is -0.495 e. The SMILES string of the molecule is COC(=O)[C@H]1CN(C/C=C/c2ccccc2)CC[C@H]1CCC(O)c1cccc2ncc(OC)cc12. The summed E-state index contributed by atoms with van der Waals surface area (Å²) in [6, 6.07) is 17.9. The van der Waals surface area contributed by atoms with Crippen molar-refractivity contribution in [3.8, 4) is 5.75 Å². The van der Waals surface area contributed by atoms with Gasteiger partial charge in [0, 0.05) is 18.5 Å². The number of hydrogen-bond acceptors (Lipinski definition) is 6. The highest BCUT2D eigenvalue weighted by Gasteiger charge is 2.35. The van der Waals surface area contributed by atoms with E-state index in [1.54, 1.807) is 13.3 Å². The van der Waals surface area contributed by atoms with Crippen LogP contribution in [0.1, 0.15) is 36.5 Å². The Bertz CT molecular complexity index is 1150. The number of benzene rings is 2. The number of pyridine rings is 1. The van der Waals surface area contributed by atoms with Crippen molar-refractivity contribution in [2.45, 2.75) is 25.4 Å². The summed E-state index contributed by atoms with van der Waals surface area (Å²) in [4.78, 5) is 19.4. The second-order valence-corrected chi connectivity index (χ2v) is 9.13. The van der Waals surface area contributed by atoms with Gasteiger partial charge < -0.3 is 14.6 Å². The normalized spacial score (nSPS) is 19.6. The van der Waals surface area contributed by atoms with Gasteiger partial charge in [0.05, 0.1) is 38.0 Å². The Morgan fingerprint density at radius 3 is 2.80 bits per heavy atom. The van der Waals surface area contributed by atoms with Crippen LogP contribution in [0.25, 0.3) is 17.0 Å². The Kier molecular flexibility index (Phi) is 8.50. The number of carbonyl (C=O) groups excluding carboxylic acids is 1. The van der Waals surface area contributed by atoms with E-state index in [-0.39, 0.29) is 17.8 Å². The van der Waals surface area contributed by atoms with Crippen LogP contribution in [0.15, 0.2) is 66.9 Å². The van der Waals surface area contributed by atoms with Gasteiger partial charge in [-0.3, -0.25) is 14.7 Å². The van der Waals surface area contributed by atoms with Gasteiger partial charge in [-0.15, -0.1) is 0 Å². The molecule has 6 heteroatoms. The molecule has 1 unspecified atom stereocenters. The molecule has 0 amide bonds. The van der Waals surface area contributed by atoms with Gasteiger partial charge in [0.15, 0.2) is 0 Å². The van der Waals surface area contributed by atoms with E-state index >= 15 is 0 Å². The Hall–Kier alpha value is -3.22. The summed E-state index contributed by atoms with van der Waals surface area (Å²) in [7, 11) is 3.07. The van der Waals surface area contributed by atoms with E-state index in [1.165, 1.54) is 12.7 Å². The van der Waals surface area contributed by atoms with Crippen LogP contribution in [0.2, 0.25) is 0 Å². The Balaban J connectivity index is 1.39. The van der Waals surface area contributed by atoms with E-state index in [9.17, 15) is 9.90 Å². The number of esters is 1. The summed E-state index contributed by atoms with van der Waals surface area (Å²) < 4.78 is 10.5. The van der Waals surface area contributed by atoms with Crippen LogP contribution in [0.4, 0.5) is 0 Å². The van der Waals surface area contributed by atoms with E-state index in [0.29, 0.717) is 18.7 Å². The van der Waals surface area contributed by atoms with E-state index in [1.807, 2.05) is 42.5 Å². The van der Waals surface area contributed by atoms with Gasteiger partial charge >= 0.3 is 5.97 Å². The average molecular weight is 475 g/mol. The lowest BCUT2D eigenvalue weighted by atomic mass is 9.81. The molecule has 6 nitrogen and oxygen atoms in total. The summed E-state index contributed by atoms with van der Waals surface area (Å²) in [6.45, 7) is 2.38. The number of methoxy groups -OCH3 is 2. The molecule has 1 saturated heterocycles. The van der Waals surface area contributed by atoms with Crippen molar-refractivity contribution in [1.82, 2.24) is 9.88 Å². The molecule has 1 N–H and O–H groups in total. The minimum absolute atomic E-state index is 0.166. The van der Waals surface area contributed by atoms with Gasteiger partial charge in [0.1, 0.15) is 5.75 Å². The number of fused-ring (bicyclic) bond motifs is 1. The van der Waals surface area contributed by atoms with Crippen LogP contribution in [0.3, 0.4) is 0 Å². The lowest BCUT2D eigenvalue weighted by Gasteiger charge is -2.37.